The first kappa shape index (κ1) is 13.5. The summed E-state index contributed by atoms with van der Waals surface area (Å²) in [6.45, 7) is 4.11. The summed E-state index contributed by atoms with van der Waals surface area (Å²) in [5, 5.41) is 5.68. The summed E-state index contributed by atoms with van der Waals surface area (Å²) in [4.78, 5) is 16.2. The number of para-hydroxylation sites is 1. The van der Waals surface area contributed by atoms with Crippen LogP contribution in [0, 0.1) is 6.92 Å². The van der Waals surface area contributed by atoms with Crippen molar-refractivity contribution >= 4 is 17.2 Å². The van der Waals surface area contributed by atoms with Gasteiger partial charge in [0.05, 0.1) is 6.54 Å². The summed E-state index contributed by atoms with van der Waals surface area (Å²) in [7, 11) is 0. The van der Waals surface area contributed by atoms with Gasteiger partial charge in [-0.3, -0.25) is 4.79 Å². The van der Waals surface area contributed by atoms with Crippen LogP contribution in [0.3, 0.4) is 0 Å². The molecule has 0 aliphatic heterocycles. The highest BCUT2D eigenvalue weighted by atomic mass is 32.1. The zero-order valence-electron chi connectivity index (χ0n) is 10.9. The Balaban J connectivity index is 1.82. The van der Waals surface area contributed by atoms with Crippen molar-refractivity contribution in [1.29, 1.82) is 0 Å². The molecule has 0 radical (unpaired) electrons. The third kappa shape index (κ3) is 4.06. The smallest absolute Gasteiger partial charge is 0.261 e. The zero-order valence-corrected chi connectivity index (χ0v) is 11.7. The molecule has 1 aromatic heterocycles. The van der Waals surface area contributed by atoms with E-state index < -0.39 is 6.10 Å². The topological polar surface area (TPSA) is 51.2 Å². The molecule has 2 aromatic rings. The third-order valence-electron chi connectivity index (χ3n) is 2.51. The Morgan fingerprint density at radius 2 is 2.16 bits per heavy atom. The minimum atomic E-state index is -0.525. The van der Waals surface area contributed by atoms with E-state index in [1.54, 1.807) is 18.3 Å². The zero-order chi connectivity index (χ0) is 13.7. The molecule has 2 rings (SSSR count). The fraction of sp³-hybridized carbons (Fsp3) is 0.286. The molecule has 0 bridgehead atoms. The van der Waals surface area contributed by atoms with Gasteiger partial charge in [0.15, 0.2) is 6.10 Å². The molecule has 100 valence electrons. The molecule has 5 heteroatoms. The van der Waals surface area contributed by atoms with E-state index in [2.05, 4.69) is 10.3 Å². The minimum absolute atomic E-state index is 0.142. The first-order valence-corrected chi connectivity index (χ1v) is 6.93. The lowest BCUT2D eigenvalue weighted by atomic mass is 10.3. The number of thiazole rings is 1. The number of hydrogen-bond acceptors (Lipinski definition) is 4. The molecular weight excluding hydrogens is 260 g/mol. The number of nitrogens with one attached hydrogen (secondary N) is 1. The van der Waals surface area contributed by atoms with Crippen LogP contribution in [-0.4, -0.2) is 17.0 Å². The normalized spacial score (nSPS) is 11.9. The van der Waals surface area contributed by atoms with Crippen molar-refractivity contribution in [2.45, 2.75) is 26.5 Å². The van der Waals surface area contributed by atoms with Crippen LogP contribution < -0.4 is 10.1 Å². The van der Waals surface area contributed by atoms with E-state index in [-0.39, 0.29) is 5.91 Å². The van der Waals surface area contributed by atoms with Crippen molar-refractivity contribution in [3.8, 4) is 5.75 Å². The van der Waals surface area contributed by atoms with Crippen LogP contribution in [0.5, 0.6) is 5.75 Å². The molecule has 4 nitrogen and oxygen atoms in total. The Morgan fingerprint density at radius 1 is 1.42 bits per heavy atom. The number of aromatic nitrogens is 1. The Morgan fingerprint density at radius 3 is 2.79 bits per heavy atom. The fourth-order valence-corrected chi connectivity index (χ4v) is 2.26. The highest BCUT2D eigenvalue weighted by Crippen LogP contribution is 2.11. The number of benzene rings is 1. The molecule has 1 atom stereocenters. The van der Waals surface area contributed by atoms with Crippen molar-refractivity contribution in [3.63, 3.8) is 0 Å². The fourth-order valence-electron chi connectivity index (χ4n) is 1.55. The molecule has 19 heavy (non-hydrogen) atoms. The lowest BCUT2D eigenvalue weighted by Crippen LogP contribution is -2.35. The lowest BCUT2D eigenvalue weighted by molar-refractivity contribution is -0.127. The summed E-state index contributed by atoms with van der Waals surface area (Å²) in [5.74, 6) is 0.548. The summed E-state index contributed by atoms with van der Waals surface area (Å²) >= 11 is 1.54. The van der Waals surface area contributed by atoms with E-state index in [0.717, 1.165) is 10.7 Å². The largest absolute Gasteiger partial charge is 0.481 e. The number of ether oxygens (including phenoxy) is 1. The first-order valence-electron chi connectivity index (χ1n) is 6.05. The second kappa shape index (κ2) is 6.33. The second-order valence-electron chi connectivity index (χ2n) is 4.17. The molecular formula is C14H16N2O2S. The van der Waals surface area contributed by atoms with E-state index in [9.17, 15) is 4.79 Å². The quantitative estimate of drug-likeness (QED) is 0.913. The van der Waals surface area contributed by atoms with Gasteiger partial charge in [0.2, 0.25) is 0 Å². The van der Waals surface area contributed by atoms with Crippen molar-refractivity contribution in [1.82, 2.24) is 10.3 Å². The van der Waals surface area contributed by atoms with Gasteiger partial charge in [0, 0.05) is 11.1 Å². The van der Waals surface area contributed by atoms with Crippen LogP contribution in [0.1, 0.15) is 17.6 Å². The van der Waals surface area contributed by atoms with Gasteiger partial charge in [0.1, 0.15) is 10.8 Å². The lowest BCUT2D eigenvalue weighted by Gasteiger charge is -2.14. The van der Waals surface area contributed by atoms with Crippen molar-refractivity contribution in [2.24, 2.45) is 0 Å². The second-order valence-corrected chi connectivity index (χ2v) is 5.12. The van der Waals surface area contributed by atoms with Crippen LogP contribution in [0.25, 0.3) is 0 Å². The number of carbonyl (C=O) groups excluding carboxylic acids is 1. The van der Waals surface area contributed by atoms with Crippen LogP contribution in [0.15, 0.2) is 35.7 Å². The van der Waals surface area contributed by atoms with Crippen molar-refractivity contribution in [2.75, 3.05) is 0 Å². The van der Waals surface area contributed by atoms with Gasteiger partial charge in [-0.2, -0.15) is 0 Å². The number of rotatable bonds is 5. The maximum Gasteiger partial charge on any atom is 0.261 e. The van der Waals surface area contributed by atoms with Gasteiger partial charge >= 0.3 is 0 Å². The van der Waals surface area contributed by atoms with Gasteiger partial charge in [0.25, 0.3) is 5.91 Å². The third-order valence-corrected chi connectivity index (χ3v) is 3.47. The maximum absolute atomic E-state index is 11.9. The van der Waals surface area contributed by atoms with Crippen LogP contribution in [0.4, 0.5) is 0 Å². The molecule has 0 spiro atoms. The number of amides is 1. The predicted octanol–water partition coefficient (Wildman–Crippen LogP) is 2.54. The molecule has 0 saturated carbocycles. The Bertz CT molecular complexity index is 539. The summed E-state index contributed by atoms with van der Waals surface area (Å²) < 4.78 is 5.54. The number of aryl methyl sites for hydroxylation is 1. The predicted molar refractivity (Wildman–Crippen MR) is 75.2 cm³/mol. The molecule has 0 unspecified atom stereocenters. The molecule has 1 heterocycles. The van der Waals surface area contributed by atoms with Crippen molar-refractivity contribution in [3.05, 3.63) is 46.4 Å². The van der Waals surface area contributed by atoms with Crippen molar-refractivity contribution < 1.29 is 9.53 Å². The summed E-state index contributed by atoms with van der Waals surface area (Å²) in [6, 6.07) is 9.31. The van der Waals surface area contributed by atoms with Crippen LogP contribution >= 0.6 is 11.3 Å². The number of hydrogen-bond donors (Lipinski definition) is 1. The van der Waals surface area contributed by atoms with E-state index >= 15 is 0 Å². The van der Waals surface area contributed by atoms with Crippen LogP contribution in [-0.2, 0) is 11.3 Å². The molecule has 0 fully saturated rings. The van der Waals surface area contributed by atoms with Gasteiger partial charge in [-0.25, -0.2) is 4.98 Å². The van der Waals surface area contributed by atoms with E-state index in [4.69, 9.17) is 4.74 Å². The highest BCUT2D eigenvalue weighted by molar-refractivity contribution is 7.09. The highest BCUT2D eigenvalue weighted by Gasteiger charge is 2.14. The summed E-state index contributed by atoms with van der Waals surface area (Å²) in [6.07, 6.45) is -0.525. The van der Waals surface area contributed by atoms with Gasteiger partial charge in [-0.05, 0) is 26.0 Å². The number of nitrogens with zero attached hydrogens (tertiary/aromatic N) is 1. The van der Waals surface area contributed by atoms with Gasteiger partial charge in [-0.15, -0.1) is 11.3 Å². The Hall–Kier alpha value is -1.88. The number of carbonyl (C=O) groups is 1. The average Bonchev–Trinajstić information content (AvgIpc) is 2.83. The first-order chi connectivity index (χ1) is 9.15. The van der Waals surface area contributed by atoms with Gasteiger partial charge < -0.3 is 10.1 Å². The molecule has 0 aliphatic carbocycles. The molecule has 1 aromatic carbocycles. The Labute approximate surface area is 116 Å². The standard InChI is InChI=1S/C14H16N2O2S/c1-10-9-19-13(16-10)8-15-14(17)11(2)18-12-6-4-3-5-7-12/h3-7,9,11H,8H2,1-2H3,(H,15,17)/t11-/m0/s1. The molecule has 0 saturated heterocycles. The molecule has 1 N–H and O–H groups in total. The van der Waals surface area contributed by atoms with Gasteiger partial charge in [-0.1, -0.05) is 18.2 Å². The average molecular weight is 276 g/mol. The molecule has 0 aliphatic rings. The van der Waals surface area contributed by atoms with E-state index in [1.165, 1.54) is 0 Å². The van der Waals surface area contributed by atoms with E-state index in [0.29, 0.717) is 12.3 Å². The SMILES string of the molecule is Cc1csc(CNC(=O)[C@H](C)Oc2ccccc2)n1. The van der Waals surface area contributed by atoms with E-state index in [1.807, 2.05) is 42.6 Å². The monoisotopic (exact) mass is 276 g/mol. The van der Waals surface area contributed by atoms with Crippen LogP contribution in [0.2, 0.25) is 0 Å². The molecule has 1 amide bonds. The maximum atomic E-state index is 11.9. The minimum Gasteiger partial charge on any atom is -0.481 e. The Kier molecular flexibility index (Phi) is 4.52. The summed E-state index contributed by atoms with van der Waals surface area (Å²) in [5.41, 5.74) is 0.975.